The van der Waals surface area contributed by atoms with Crippen LogP contribution in [0.1, 0.15) is 77.3 Å². The van der Waals surface area contributed by atoms with Gasteiger partial charge in [-0.2, -0.15) is 0 Å². The average Bonchev–Trinajstić information content (AvgIpc) is 3.09. The van der Waals surface area contributed by atoms with E-state index in [1.165, 1.54) is 44.1 Å². The van der Waals surface area contributed by atoms with E-state index < -0.39 is 0 Å². The average molecular weight is 288 g/mol. The van der Waals surface area contributed by atoms with Crippen molar-refractivity contribution in [3.63, 3.8) is 0 Å². The molecule has 21 heavy (non-hydrogen) atoms. The topological polar surface area (TPSA) is 20.2 Å². The molecule has 0 aliphatic heterocycles. The minimum atomic E-state index is 0.416. The lowest BCUT2D eigenvalue weighted by atomic mass is 9.88. The first-order valence-corrected chi connectivity index (χ1v) is 8.58. The van der Waals surface area contributed by atoms with E-state index in [4.69, 9.17) is 0 Å². The van der Waals surface area contributed by atoms with Crippen molar-refractivity contribution in [1.82, 2.24) is 0 Å². The van der Waals surface area contributed by atoms with E-state index in [2.05, 4.69) is 39.8 Å². The molecular weight excluding hydrogens is 256 g/mol. The number of rotatable bonds is 7. The number of aromatic hydroxyl groups is 1. The molecule has 0 heterocycles. The van der Waals surface area contributed by atoms with Gasteiger partial charge in [-0.25, -0.2) is 0 Å². The molecule has 0 aromatic heterocycles. The maximum Gasteiger partial charge on any atom is 0.118 e. The molecule has 0 spiro atoms. The van der Waals surface area contributed by atoms with E-state index in [0.717, 1.165) is 18.4 Å². The van der Waals surface area contributed by atoms with E-state index in [-0.39, 0.29) is 0 Å². The second-order valence-electron chi connectivity index (χ2n) is 8.54. The summed E-state index contributed by atoms with van der Waals surface area (Å²) in [5, 5.41) is 10.0. The molecule has 0 radical (unpaired) electrons. The first kappa shape index (κ1) is 16.4. The van der Waals surface area contributed by atoms with Crippen LogP contribution in [0, 0.1) is 10.8 Å². The summed E-state index contributed by atoms with van der Waals surface area (Å²) in [4.78, 5) is 0. The van der Waals surface area contributed by atoms with Gasteiger partial charge in [0.2, 0.25) is 0 Å². The van der Waals surface area contributed by atoms with Gasteiger partial charge in [0.25, 0.3) is 0 Å². The molecular formula is C20H32O. The van der Waals surface area contributed by atoms with Crippen molar-refractivity contribution in [2.45, 2.75) is 79.1 Å². The van der Waals surface area contributed by atoms with Gasteiger partial charge in [-0.05, 0) is 79.4 Å². The molecule has 1 aromatic carbocycles. The zero-order valence-electron chi connectivity index (χ0n) is 14.3. The van der Waals surface area contributed by atoms with E-state index >= 15 is 0 Å². The normalized spacial score (nSPS) is 17.0. The Morgan fingerprint density at radius 3 is 2.43 bits per heavy atom. The van der Waals surface area contributed by atoms with Gasteiger partial charge in [-0.3, -0.25) is 0 Å². The van der Waals surface area contributed by atoms with Gasteiger partial charge in [-0.15, -0.1) is 0 Å². The highest BCUT2D eigenvalue weighted by Crippen LogP contribution is 2.49. The molecule has 0 unspecified atom stereocenters. The van der Waals surface area contributed by atoms with Crippen LogP contribution in [0.25, 0.3) is 0 Å². The molecule has 0 amide bonds. The van der Waals surface area contributed by atoms with Crippen LogP contribution < -0.4 is 0 Å². The Kier molecular flexibility index (Phi) is 5.01. The van der Waals surface area contributed by atoms with Crippen LogP contribution in [0.5, 0.6) is 5.75 Å². The number of aryl methyl sites for hydroxylation is 2. The Labute approximate surface area is 130 Å². The molecule has 1 N–H and O–H groups in total. The summed E-state index contributed by atoms with van der Waals surface area (Å²) in [5.74, 6) is 0.482. The van der Waals surface area contributed by atoms with Gasteiger partial charge in [0.05, 0.1) is 0 Å². The summed E-state index contributed by atoms with van der Waals surface area (Å²) in [6, 6.07) is 6.21. The molecule has 1 aliphatic carbocycles. The second-order valence-corrected chi connectivity index (χ2v) is 8.54. The molecule has 0 atom stereocenters. The lowest BCUT2D eigenvalue weighted by Crippen LogP contribution is -2.05. The molecule has 1 aromatic rings. The largest absolute Gasteiger partial charge is 0.508 e. The first-order chi connectivity index (χ1) is 9.77. The summed E-state index contributed by atoms with van der Waals surface area (Å²) in [7, 11) is 0. The van der Waals surface area contributed by atoms with Gasteiger partial charge in [0.15, 0.2) is 0 Å². The van der Waals surface area contributed by atoms with Gasteiger partial charge < -0.3 is 5.11 Å². The fraction of sp³-hybridized carbons (Fsp3) is 0.700. The van der Waals surface area contributed by atoms with Gasteiger partial charge in [0.1, 0.15) is 5.75 Å². The predicted octanol–water partition coefficient (Wildman–Crippen LogP) is 5.88. The quantitative estimate of drug-likeness (QED) is 0.664. The minimum absolute atomic E-state index is 0.416. The lowest BCUT2D eigenvalue weighted by Gasteiger charge is -2.17. The van der Waals surface area contributed by atoms with E-state index in [1.807, 2.05) is 6.07 Å². The Hall–Kier alpha value is -0.980. The van der Waals surface area contributed by atoms with E-state index in [9.17, 15) is 5.11 Å². The van der Waals surface area contributed by atoms with Crippen molar-refractivity contribution in [3.05, 3.63) is 29.3 Å². The Bertz CT molecular complexity index is 463. The summed E-state index contributed by atoms with van der Waals surface area (Å²) in [5.41, 5.74) is 3.57. The molecule has 118 valence electrons. The van der Waals surface area contributed by atoms with Crippen LogP contribution >= 0.6 is 0 Å². The van der Waals surface area contributed by atoms with Crippen LogP contribution in [0.4, 0.5) is 0 Å². The smallest absolute Gasteiger partial charge is 0.118 e. The third-order valence-electron chi connectivity index (χ3n) is 4.87. The zero-order valence-corrected chi connectivity index (χ0v) is 14.3. The first-order valence-electron chi connectivity index (χ1n) is 8.58. The number of phenolic OH excluding ortho intramolecular Hbond substituents is 1. The minimum Gasteiger partial charge on any atom is -0.508 e. The SMILES string of the molecule is CC(C)(C)CCCc1ccc(O)c(CCCC2(C)CC2)c1. The Morgan fingerprint density at radius 2 is 1.81 bits per heavy atom. The molecule has 2 rings (SSSR count). The molecule has 0 saturated heterocycles. The summed E-state index contributed by atoms with van der Waals surface area (Å²) in [6.45, 7) is 9.28. The number of benzene rings is 1. The van der Waals surface area contributed by atoms with Crippen LogP contribution in [-0.2, 0) is 12.8 Å². The maximum atomic E-state index is 10.0. The lowest BCUT2D eigenvalue weighted by molar-refractivity contribution is 0.365. The van der Waals surface area contributed by atoms with Crippen LogP contribution in [0.3, 0.4) is 0 Å². The molecule has 1 fully saturated rings. The number of hydrogen-bond acceptors (Lipinski definition) is 1. The summed E-state index contributed by atoms with van der Waals surface area (Å²) < 4.78 is 0. The van der Waals surface area contributed by atoms with Gasteiger partial charge >= 0.3 is 0 Å². The van der Waals surface area contributed by atoms with Gasteiger partial charge in [-0.1, -0.05) is 39.8 Å². The summed E-state index contributed by atoms with van der Waals surface area (Å²) in [6.07, 6.45) is 9.93. The third-order valence-corrected chi connectivity index (χ3v) is 4.87. The van der Waals surface area contributed by atoms with E-state index in [1.54, 1.807) is 0 Å². The second kappa shape index (κ2) is 6.42. The number of phenols is 1. The maximum absolute atomic E-state index is 10.0. The van der Waals surface area contributed by atoms with E-state index in [0.29, 0.717) is 16.6 Å². The third kappa shape index (κ3) is 5.73. The highest BCUT2D eigenvalue weighted by molar-refractivity contribution is 5.36. The van der Waals surface area contributed by atoms with Crippen molar-refractivity contribution in [3.8, 4) is 5.75 Å². The summed E-state index contributed by atoms with van der Waals surface area (Å²) >= 11 is 0. The monoisotopic (exact) mass is 288 g/mol. The van der Waals surface area contributed by atoms with Crippen molar-refractivity contribution in [1.29, 1.82) is 0 Å². The van der Waals surface area contributed by atoms with Crippen molar-refractivity contribution >= 4 is 0 Å². The fourth-order valence-electron chi connectivity index (χ4n) is 2.99. The standard InChI is InChI=1S/C20H32O/c1-19(2,3)11-5-7-16-9-10-18(21)17(15-16)8-6-12-20(4)13-14-20/h9-10,15,21H,5-8,11-14H2,1-4H3. The van der Waals surface area contributed by atoms with Crippen LogP contribution in [0.2, 0.25) is 0 Å². The van der Waals surface area contributed by atoms with Crippen LogP contribution in [-0.4, -0.2) is 5.11 Å². The molecule has 1 saturated carbocycles. The van der Waals surface area contributed by atoms with Crippen molar-refractivity contribution in [2.75, 3.05) is 0 Å². The molecule has 0 bridgehead atoms. The highest BCUT2D eigenvalue weighted by atomic mass is 16.3. The molecule has 1 heteroatoms. The van der Waals surface area contributed by atoms with Crippen molar-refractivity contribution < 1.29 is 5.11 Å². The zero-order chi connectivity index (χ0) is 15.5. The van der Waals surface area contributed by atoms with Crippen LogP contribution in [0.15, 0.2) is 18.2 Å². The predicted molar refractivity (Wildman–Crippen MR) is 90.8 cm³/mol. The fourth-order valence-corrected chi connectivity index (χ4v) is 2.99. The Balaban J connectivity index is 1.84. The van der Waals surface area contributed by atoms with Gasteiger partial charge in [0, 0.05) is 0 Å². The highest BCUT2D eigenvalue weighted by Gasteiger charge is 2.36. The molecule has 1 aliphatic rings. The van der Waals surface area contributed by atoms with Crippen molar-refractivity contribution in [2.24, 2.45) is 10.8 Å². The molecule has 1 nitrogen and oxygen atoms in total. The number of hydrogen-bond donors (Lipinski definition) is 1. The Morgan fingerprint density at radius 1 is 1.10 bits per heavy atom.